The molecule has 0 aliphatic heterocycles. The Kier molecular flexibility index (Phi) is 1.38. The van der Waals surface area contributed by atoms with Gasteiger partial charge in [0.2, 0.25) is 0 Å². The van der Waals surface area contributed by atoms with Gasteiger partial charge in [0.05, 0.1) is 0 Å². The molecule has 0 bridgehead atoms. The molecule has 1 rings (SSSR count). The first-order valence-corrected chi connectivity index (χ1v) is 3.62. The smallest absolute Gasteiger partial charge is 0.135 e. The summed E-state index contributed by atoms with van der Waals surface area (Å²) >= 11 is 0. The Morgan fingerprint density at radius 2 is 2.33 bits per heavy atom. The van der Waals surface area contributed by atoms with Gasteiger partial charge in [-0.2, -0.15) is 0 Å². The predicted octanol–water partition coefficient (Wildman–Crippen LogP) is 2.01. The number of carbonyl (C=O) groups is 1. The van der Waals surface area contributed by atoms with Gasteiger partial charge in [-0.1, -0.05) is 20.3 Å². The van der Waals surface area contributed by atoms with Gasteiger partial charge in [0.25, 0.3) is 0 Å². The molecular weight excluding hydrogens is 112 g/mol. The van der Waals surface area contributed by atoms with E-state index in [4.69, 9.17) is 0 Å². The van der Waals surface area contributed by atoms with Crippen LogP contribution in [0.3, 0.4) is 0 Å². The summed E-state index contributed by atoms with van der Waals surface area (Å²) in [6.45, 7) is 5.93. The van der Waals surface area contributed by atoms with Crippen LogP contribution in [0.15, 0.2) is 0 Å². The van der Waals surface area contributed by atoms with Gasteiger partial charge in [0.15, 0.2) is 0 Å². The van der Waals surface area contributed by atoms with Gasteiger partial charge in [-0.3, -0.25) is 4.79 Å². The van der Waals surface area contributed by atoms with Crippen molar-refractivity contribution < 1.29 is 4.79 Å². The molecular formula is C8H14O. The minimum Gasteiger partial charge on any atom is -0.299 e. The van der Waals surface area contributed by atoms with Crippen LogP contribution in [0.4, 0.5) is 0 Å². The first-order chi connectivity index (χ1) is 4.11. The molecule has 1 saturated carbocycles. The van der Waals surface area contributed by atoms with E-state index in [-0.39, 0.29) is 5.41 Å². The predicted molar refractivity (Wildman–Crippen MR) is 37.2 cm³/mol. The van der Waals surface area contributed by atoms with Gasteiger partial charge in [0, 0.05) is 5.41 Å². The van der Waals surface area contributed by atoms with Crippen LogP contribution in [0.25, 0.3) is 0 Å². The van der Waals surface area contributed by atoms with E-state index in [9.17, 15) is 4.79 Å². The number of carbonyl (C=O) groups excluding carboxylic acids is 1. The molecule has 0 spiro atoms. The third kappa shape index (κ3) is 0.887. The number of hydrogen-bond donors (Lipinski definition) is 0. The largest absolute Gasteiger partial charge is 0.299 e. The van der Waals surface area contributed by atoms with Crippen LogP contribution in [-0.2, 0) is 4.79 Å². The molecule has 1 fully saturated rings. The van der Waals surface area contributed by atoms with E-state index in [1.807, 2.05) is 0 Å². The Bertz CT molecular complexity index is 140. The zero-order valence-electron chi connectivity index (χ0n) is 6.40. The maximum absolute atomic E-state index is 10.9. The highest BCUT2D eigenvalue weighted by Crippen LogP contribution is 2.54. The summed E-state index contributed by atoms with van der Waals surface area (Å²) in [5.74, 6) is 1.06. The Morgan fingerprint density at radius 3 is 2.44 bits per heavy atom. The molecule has 52 valence electrons. The summed E-state index contributed by atoms with van der Waals surface area (Å²) in [6, 6.07) is 0. The zero-order valence-corrected chi connectivity index (χ0v) is 6.40. The summed E-state index contributed by atoms with van der Waals surface area (Å²) in [4.78, 5) is 10.9. The van der Waals surface area contributed by atoms with Crippen molar-refractivity contribution in [3.63, 3.8) is 0 Å². The Morgan fingerprint density at radius 1 is 1.78 bits per heavy atom. The molecule has 1 nitrogen and oxygen atoms in total. The molecule has 1 aliphatic carbocycles. The number of ketones is 1. The van der Waals surface area contributed by atoms with Crippen molar-refractivity contribution in [1.82, 2.24) is 0 Å². The van der Waals surface area contributed by atoms with Gasteiger partial charge in [-0.15, -0.1) is 0 Å². The van der Waals surface area contributed by atoms with Crippen LogP contribution in [0.2, 0.25) is 0 Å². The van der Waals surface area contributed by atoms with Crippen molar-refractivity contribution >= 4 is 5.78 Å². The maximum Gasteiger partial charge on any atom is 0.135 e. The fraction of sp³-hybridized carbons (Fsp3) is 0.875. The average molecular weight is 126 g/mol. The Labute approximate surface area is 56.4 Å². The van der Waals surface area contributed by atoms with E-state index in [1.165, 1.54) is 0 Å². The fourth-order valence-corrected chi connectivity index (χ4v) is 1.48. The van der Waals surface area contributed by atoms with Gasteiger partial charge in [0.1, 0.15) is 5.78 Å². The lowest BCUT2D eigenvalue weighted by Gasteiger charge is -2.02. The monoisotopic (exact) mass is 126 g/mol. The highest BCUT2D eigenvalue weighted by atomic mass is 16.1. The maximum atomic E-state index is 10.9. The van der Waals surface area contributed by atoms with Crippen LogP contribution >= 0.6 is 0 Å². The average Bonchev–Trinajstić information content (AvgIpc) is 2.44. The first-order valence-electron chi connectivity index (χ1n) is 3.62. The van der Waals surface area contributed by atoms with E-state index in [1.54, 1.807) is 6.92 Å². The van der Waals surface area contributed by atoms with Crippen molar-refractivity contribution in [2.24, 2.45) is 11.3 Å². The molecule has 0 unspecified atom stereocenters. The van der Waals surface area contributed by atoms with E-state index in [0.29, 0.717) is 11.7 Å². The second-order valence-corrected chi connectivity index (χ2v) is 3.28. The summed E-state index contributed by atoms with van der Waals surface area (Å²) in [5, 5.41) is 0. The highest BCUT2D eigenvalue weighted by molar-refractivity contribution is 5.85. The lowest BCUT2D eigenvalue weighted by Crippen LogP contribution is -2.09. The SMILES string of the molecule is CC[C@H]1C[C@@]1(C)C(C)=O. The summed E-state index contributed by atoms with van der Waals surface area (Å²) < 4.78 is 0. The van der Waals surface area contributed by atoms with Crippen LogP contribution in [0, 0.1) is 11.3 Å². The molecule has 0 aromatic heterocycles. The van der Waals surface area contributed by atoms with Crippen LogP contribution in [0.5, 0.6) is 0 Å². The third-order valence-electron chi connectivity index (χ3n) is 2.71. The van der Waals surface area contributed by atoms with Gasteiger partial charge >= 0.3 is 0 Å². The number of Topliss-reactive ketones (excluding diaryl/α,β-unsaturated/α-hetero) is 1. The van der Waals surface area contributed by atoms with E-state index in [2.05, 4.69) is 13.8 Å². The zero-order chi connectivity index (χ0) is 7.07. The molecule has 1 heteroatoms. The van der Waals surface area contributed by atoms with Crippen LogP contribution < -0.4 is 0 Å². The van der Waals surface area contributed by atoms with Crippen molar-refractivity contribution in [3.05, 3.63) is 0 Å². The van der Waals surface area contributed by atoms with Crippen molar-refractivity contribution in [2.75, 3.05) is 0 Å². The normalized spacial score (nSPS) is 40.6. The highest BCUT2D eigenvalue weighted by Gasteiger charge is 2.52. The van der Waals surface area contributed by atoms with Crippen LogP contribution in [0.1, 0.15) is 33.6 Å². The fourth-order valence-electron chi connectivity index (χ4n) is 1.48. The molecule has 0 aromatic carbocycles. The second-order valence-electron chi connectivity index (χ2n) is 3.28. The Hall–Kier alpha value is -0.330. The van der Waals surface area contributed by atoms with E-state index >= 15 is 0 Å². The topological polar surface area (TPSA) is 17.1 Å². The summed E-state index contributed by atoms with van der Waals surface area (Å²) in [6.07, 6.45) is 2.29. The molecule has 0 radical (unpaired) electrons. The molecule has 0 aromatic rings. The minimum atomic E-state index is 0.0781. The van der Waals surface area contributed by atoms with Gasteiger partial charge in [-0.25, -0.2) is 0 Å². The van der Waals surface area contributed by atoms with E-state index in [0.717, 1.165) is 12.8 Å². The Balaban J connectivity index is 2.52. The summed E-state index contributed by atoms with van der Waals surface area (Å²) in [5.41, 5.74) is 0.0781. The second kappa shape index (κ2) is 1.83. The molecule has 2 atom stereocenters. The molecule has 0 saturated heterocycles. The number of hydrogen-bond acceptors (Lipinski definition) is 1. The van der Waals surface area contributed by atoms with Crippen molar-refractivity contribution in [1.29, 1.82) is 0 Å². The minimum absolute atomic E-state index is 0.0781. The van der Waals surface area contributed by atoms with Crippen molar-refractivity contribution in [2.45, 2.75) is 33.6 Å². The molecule has 0 N–H and O–H groups in total. The number of rotatable bonds is 2. The van der Waals surface area contributed by atoms with Crippen molar-refractivity contribution in [3.8, 4) is 0 Å². The third-order valence-corrected chi connectivity index (χ3v) is 2.71. The first kappa shape index (κ1) is 6.79. The molecule has 0 heterocycles. The molecule has 9 heavy (non-hydrogen) atoms. The standard InChI is InChI=1S/C8H14O/c1-4-7-5-8(7,3)6(2)9/h7H,4-5H2,1-3H3/t7-,8-/m0/s1. The molecule has 0 amide bonds. The summed E-state index contributed by atoms with van der Waals surface area (Å²) in [7, 11) is 0. The van der Waals surface area contributed by atoms with Crippen LogP contribution in [-0.4, -0.2) is 5.78 Å². The van der Waals surface area contributed by atoms with E-state index < -0.39 is 0 Å². The molecule has 1 aliphatic rings. The lowest BCUT2D eigenvalue weighted by atomic mass is 10.0. The van der Waals surface area contributed by atoms with Gasteiger partial charge in [-0.05, 0) is 19.3 Å². The lowest BCUT2D eigenvalue weighted by molar-refractivity contribution is -0.121. The van der Waals surface area contributed by atoms with Gasteiger partial charge < -0.3 is 0 Å². The quantitative estimate of drug-likeness (QED) is 0.553.